The zero-order valence-electron chi connectivity index (χ0n) is 12.7. The lowest BCUT2D eigenvalue weighted by Gasteiger charge is -2.29. The second-order valence-electron chi connectivity index (χ2n) is 6.44. The Kier molecular flexibility index (Phi) is 5.74. The third-order valence-corrected chi connectivity index (χ3v) is 5.46. The van der Waals surface area contributed by atoms with Gasteiger partial charge in [-0.3, -0.25) is 0 Å². The van der Waals surface area contributed by atoms with Crippen molar-refractivity contribution in [3.05, 3.63) is 0 Å². The van der Waals surface area contributed by atoms with E-state index in [-0.39, 0.29) is 11.0 Å². The van der Waals surface area contributed by atoms with Crippen LogP contribution in [0.15, 0.2) is 0 Å². The van der Waals surface area contributed by atoms with Crippen LogP contribution in [-0.4, -0.2) is 35.2 Å². The minimum Gasteiger partial charge on any atom is -0.438 e. The van der Waals surface area contributed by atoms with Gasteiger partial charge >= 0.3 is 6.09 Å². The standard InChI is InChI=1S/C15H25F2NO2S/c1-10(2)21-9-15(16,17)13-12(18-14(19)20-13)8-11-6-4-3-5-7-11/h10-13H,3-9H2,1-2H3,(H,18,19). The third-order valence-electron chi connectivity index (χ3n) is 4.24. The van der Waals surface area contributed by atoms with E-state index in [2.05, 4.69) is 5.32 Å². The number of nitrogens with one attached hydrogen (secondary N) is 1. The van der Waals surface area contributed by atoms with Gasteiger partial charge in [0.05, 0.1) is 11.8 Å². The summed E-state index contributed by atoms with van der Waals surface area (Å²) in [4.78, 5) is 11.4. The molecule has 0 spiro atoms. The molecule has 122 valence electrons. The van der Waals surface area contributed by atoms with Crippen molar-refractivity contribution in [1.82, 2.24) is 5.32 Å². The topological polar surface area (TPSA) is 38.3 Å². The first-order chi connectivity index (χ1) is 9.88. The number of cyclic esters (lactones) is 1. The lowest BCUT2D eigenvalue weighted by Crippen LogP contribution is -2.46. The van der Waals surface area contributed by atoms with Crippen molar-refractivity contribution in [3.8, 4) is 0 Å². The molecule has 1 aliphatic carbocycles. The molecule has 0 bridgehead atoms. The molecule has 21 heavy (non-hydrogen) atoms. The molecule has 1 aliphatic heterocycles. The van der Waals surface area contributed by atoms with E-state index in [1.165, 1.54) is 18.2 Å². The number of thioether (sulfide) groups is 1. The Morgan fingerprint density at radius 1 is 1.33 bits per heavy atom. The first-order valence-corrected chi connectivity index (χ1v) is 8.90. The molecule has 0 aromatic carbocycles. The molecule has 3 nitrogen and oxygen atoms in total. The number of rotatable bonds is 6. The molecule has 2 rings (SSSR count). The Morgan fingerprint density at radius 2 is 2.00 bits per heavy atom. The summed E-state index contributed by atoms with van der Waals surface area (Å²) in [6, 6.07) is -0.552. The highest BCUT2D eigenvalue weighted by Crippen LogP contribution is 2.36. The Balaban J connectivity index is 1.96. The molecule has 1 heterocycles. The van der Waals surface area contributed by atoms with E-state index in [1.54, 1.807) is 0 Å². The van der Waals surface area contributed by atoms with Crippen LogP contribution in [0.1, 0.15) is 52.4 Å². The number of hydrogen-bond acceptors (Lipinski definition) is 3. The van der Waals surface area contributed by atoms with Gasteiger partial charge in [0.15, 0.2) is 6.10 Å². The number of hydrogen-bond donors (Lipinski definition) is 1. The number of alkyl carbamates (subject to hydrolysis) is 1. The van der Waals surface area contributed by atoms with E-state index >= 15 is 0 Å². The van der Waals surface area contributed by atoms with Crippen molar-refractivity contribution in [1.29, 1.82) is 0 Å². The molecule has 2 fully saturated rings. The van der Waals surface area contributed by atoms with Crippen LogP contribution >= 0.6 is 11.8 Å². The second kappa shape index (κ2) is 7.16. The Labute approximate surface area is 129 Å². The third kappa shape index (κ3) is 4.73. The predicted octanol–water partition coefficient (Wildman–Crippen LogP) is 4.21. The number of alkyl halides is 2. The van der Waals surface area contributed by atoms with E-state index in [9.17, 15) is 13.6 Å². The first kappa shape index (κ1) is 16.8. The lowest BCUT2D eigenvalue weighted by molar-refractivity contribution is -0.0870. The molecule has 1 saturated heterocycles. The van der Waals surface area contributed by atoms with Crippen LogP contribution in [0.5, 0.6) is 0 Å². The van der Waals surface area contributed by atoms with E-state index in [1.807, 2.05) is 13.8 Å². The summed E-state index contributed by atoms with van der Waals surface area (Å²) >= 11 is 1.21. The molecular weight excluding hydrogens is 296 g/mol. The van der Waals surface area contributed by atoms with Crippen molar-refractivity contribution in [2.24, 2.45) is 5.92 Å². The normalized spacial score (nSPS) is 27.8. The van der Waals surface area contributed by atoms with Crippen molar-refractivity contribution >= 4 is 17.9 Å². The molecule has 1 saturated carbocycles. The average molecular weight is 321 g/mol. The molecule has 2 atom stereocenters. The van der Waals surface area contributed by atoms with Gasteiger partial charge < -0.3 is 10.1 Å². The van der Waals surface area contributed by atoms with E-state index in [0.717, 1.165) is 25.7 Å². The van der Waals surface area contributed by atoms with Crippen LogP contribution in [0.25, 0.3) is 0 Å². The predicted molar refractivity (Wildman–Crippen MR) is 80.9 cm³/mol. The van der Waals surface area contributed by atoms with E-state index < -0.39 is 24.2 Å². The number of ether oxygens (including phenoxy) is 1. The van der Waals surface area contributed by atoms with Gasteiger partial charge in [0, 0.05) is 0 Å². The van der Waals surface area contributed by atoms with Gasteiger partial charge in [-0.1, -0.05) is 46.0 Å². The van der Waals surface area contributed by atoms with Crippen LogP contribution in [-0.2, 0) is 4.74 Å². The zero-order valence-corrected chi connectivity index (χ0v) is 13.6. The zero-order chi connectivity index (χ0) is 15.5. The number of halogens is 2. The van der Waals surface area contributed by atoms with E-state index in [0.29, 0.717) is 12.3 Å². The Bertz CT molecular complexity index is 360. The molecule has 1 N–H and O–H groups in total. The highest BCUT2D eigenvalue weighted by Gasteiger charge is 2.51. The Morgan fingerprint density at radius 3 is 2.62 bits per heavy atom. The monoisotopic (exact) mass is 321 g/mol. The Hall–Kier alpha value is -0.520. The highest BCUT2D eigenvalue weighted by atomic mass is 32.2. The molecule has 0 aromatic heterocycles. The van der Waals surface area contributed by atoms with Gasteiger partial charge in [-0.25, -0.2) is 13.6 Å². The summed E-state index contributed by atoms with van der Waals surface area (Å²) in [5, 5.41) is 2.73. The van der Waals surface area contributed by atoms with Crippen molar-refractivity contribution < 1.29 is 18.3 Å². The SMILES string of the molecule is CC(C)SCC(F)(F)C1OC(=O)NC1CC1CCCCC1. The van der Waals surface area contributed by atoms with Crippen LogP contribution in [0.4, 0.5) is 13.6 Å². The summed E-state index contributed by atoms with van der Waals surface area (Å²) in [6.07, 6.45) is 4.30. The quantitative estimate of drug-likeness (QED) is 0.796. The largest absolute Gasteiger partial charge is 0.438 e. The number of carbonyl (C=O) groups excluding carboxylic acids is 1. The molecule has 6 heteroatoms. The summed E-state index contributed by atoms with van der Waals surface area (Å²) in [7, 11) is 0. The van der Waals surface area contributed by atoms with Gasteiger partial charge in [0.25, 0.3) is 5.92 Å². The number of carbonyl (C=O) groups is 1. The fourth-order valence-corrected chi connectivity index (χ4v) is 3.88. The average Bonchev–Trinajstić information content (AvgIpc) is 2.79. The van der Waals surface area contributed by atoms with Gasteiger partial charge in [-0.2, -0.15) is 11.8 Å². The molecule has 2 aliphatic rings. The van der Waals surface area contributed by atoms with Crippen molar-refractivity contribution in [2.45, 2.75) is 75.7 Å². The molecule has 1 amide bonds. The summed E-state index contributed by atoms with van der Waals surface area (Å²) in [5.74, 6) is -2.85. The summed E-state index contributed by atoms with van der Waals surface area (Å²) in [6.45, 7) is 3.78. The van der Waals surface area contributed by atoms with Gasteiger partial charge in [-0.05, 0) is 17.6 Å². The first-order valence-electron chi connectivity index (χ1n) is 7.85. The van der Waals surface area contributed by atoms with Crippen LogP contribution in [0.2, 0.25) is 0 Å². The maximum atomic E-state index is 14.3. The van der Waals surface area contributed by atoms with Crippen LogP contribution in [0, 0.1) is 5.92 Å². The van der Waals surface area contributed by atoms with Crippen LogP contribution < -0.4 is 5.32 Å². The maximum absolute atomic E-state index is 14.3. The van der Waals surface area contributed by atoms with Gasteiger partial charge in [-0.15, -0.1) is 0 Å². The van der Waals surface area contributed by atoms with Crippen molar-refractivity contribution in [2.75, 3.05) is 5.75 Å². The number of amides is 1. The fourth-order valence-electron chi connectivity index (χ4n) is 3.16. The summed E-state index contributed by atoms with van der Waals surface area (Å²) < 4.78 is 33.6. The smallest absolute Gasteiger partial charge is 0.408 e. The maximum Gasteiger partial charge on any atom is 0.408 e. The minimum absolute atomic E-state index is 0.137. The molecule has 0 radical (unpaired) electrons. The molecule has 2 unspecified atom stereocenters. The molecule has 0 aromatic rings. The minimum atomic E-state index is -2.98. The summed E-state index contributed by atoms with van der Waals surface area (Å²) in [5.41, 5.74) is 0. The van der Waals surface area contributed by atoms with Crippen molar-refractivity contribution in [3.63, 3.8) is 0 Å². The second-order valence-corrected chi connectivity index (χ2v) is 8.00. The highest BCUT2D eigenvalue weighted by molar-refractivity contribution is 7.99. The van der Waals surface area contributed by atoms with Gasteiger partial charge in [0.2, 0.25) is 0 Å². The van der Waals surface area contributed by atoms with E-state index in [4.69, 9.17) is 4.74 Å². The lowest BCUT2D eigenvalue weighted by atomic mass is 9.83. The van der Waals surface area contributed by atoms with Crippen LogP contribution in [0.3, 0.4) is 0 Å². The van der Waals surface area contributed by atoms with Gasteiger partial charge in [0.1, 0.15) is 0 Å². The fraction of sp³-hybridized carbons (Fsp3) is 0.933. The molecular formula is C15H25F2NO2S.